The summed E-state index contributed by atoms with van der Waals surface area (Å²) in [6.07, 6.45) is 5.99. The first kappa shape index (κ1) is 19.9. The van der Waals surface area contributed by atoms with Gasteiger partial charge in [0.15, 0.2) is 0 Å². The van der Waals surface area contributed by atoms with Crippen molar-refractivity contribution < 1.29 is 9.90 Å². The molecule has 0 spiro atoms. The maximum atomic E-state index is 13.3. The molecule has 1 saturated heterocycles. The van der Waals surface area contributed by atoms with Gasteiger partial charge in [0.2, 0.25) is 0 Å². The van der Waals surface area contributed by atoms with Gasteiger partial charge in [-0.2, -0.15) is 0 Å². The molecular weight excluding hydrogens is 382 g/mol. The summed E-state index contributed by atoms with van der Waals surface area (Å²) in [6, 6.07) is 11.6. The number of aromatic nitrogens is 2. The number of amides is 1. The van der Waals surface area contributed by atoms with E-state index in [1.165, 1.54) is 0 Å². The highest BCUT2D eigenvalue weighted by molar-refractivity contribution is 7.09. The predicted molar refractivity (Wildman–Crippen MR) is 116 cm³/mol. The average Bonchev–Trinajstić information content (AvgIpc) is 3.33. The van der Waals surface area contributed by atoms with E-state index in [9.17, 15) is 9.90 Å². The minimum Gasteiger partial charge on any atom is -0.388 e. The first-order valence-electron chi connectivity index (χ1n) is 10.3. The summed E-state index contributed by atoms with van der Waals surface area (Å²) < 4.78 is 0. The lowest BCUT2D eigenvalue weighted by molar-refractivity contribution is 0.0583. The summed E-state index contributed by atoms with van der Waals surface area (Å²) in [5.41, 5.74) is 3.33. The molecule has 1 aliphatic rings. The van der Waals surface area contributed by atoms with Crippen molar-refractivity contribution in [2.24, 2.45) is 0 Å². The molecule has 5 nitrogen and oxygen atoms in total. The van der Waals surface area contributed by atoms with Crippen LogP contribution < -0.4 is 0 Å². The Kier molecular flexibility index (Phi) is 6.11. The number of carbonyl (C=O) groups excluding carboxylic acids is 1. The van der Waals surface area contributed by atoms with Crippen molar-refractivity contribution in [3.8, 4) is 11.3 Å². The second kappa shape index (κ2) is 8.93. The standard InChI is InChI=1S/C23H27N3O2S/c1-16-25-21(15-29-16)18-12-20(24-14-18)23(28)26-11-7-3-6-10-19(26)13-22(27)17-8-4-2-5-9-17/h2,4-5,8-9,12,14-15,19,22,24,27H,3,6-7,10-11,13H2,1H3/t19-,22-/m0/s1. The summed E-state index contributed by atoms with van der Waals surface area (Å²) >= 11 is 1.60. The smallest absolute Gasteiger partial charge is 0.270 e. The number of hydrogen-bond donors (Lipinski definition) is 2. The van der Waals surface area contributed by atoms with Gasteiger partial charge in [0.05, 0.1) is 16.8 Å². The molecule has 0 saturated carbocycles. The van der Waals surface area contributed by atoms with Gasteiger partial charge in [0, 0.05) is 29.7 Å². The molecule has 0 aliphatic carbocycles. The van der Waals surface area contributed by atoms with Crippen LogP contribution in [0.1, 0.15) is 59.3 Å². The minimum absolute atomic E-state index is 0.00960. The van der Waals surface area contributed by atoms with E-state index in [2.05, 4.69) is 9.97 Å². The maximum Gasteiger partial charge on any atom is 0.270 e. The quantitative estimate of drug-likeness (QED) is 0.626. The molecule has 2 N–H and O–H groups in total. The molecule has 1 fully saturated rings. The van der Waals surface area contributed by atoms with Crippen LogP contribution >= 0.6 is 11.3 Å². The summed E-state index contributed by atoms with van der Waals surface area (Å²) in [5, 5.41) is 13.8. The highest BCUT2D eigenvalue weighted by Gasteiger charge is 2.29. The second-order valence-electron chi connectivity index (χ2n) is 7.72. The number of nitrogens with zero attached hydrogens (tertiary/aromatic N) is 2. The molecule has 6 heteroatoms. The highest BCUT2D eigenvalue weighted by atomic mass is 32.1. The number of nitrogens with one attached hydrogen (secondary N) is 1. The second-order valence-corrected chi connectivity index (χ2v) is 8.78. The molecule has 152 valence electrons. The van der Waals surface area contributed by atoms with Crippen molar-refractivity contribution in [1.29, 1.82) is 0 Å². The van der Waals surface area contributed by atoms with Crippen molar-refractivity contribution in [1.82, 2.24) is 14.9 Å². The van der Waals surface area contributed by atoms with E-state index in [0.29, 0.717) is 12.1 Å². The number of likely N-dealkylation sites (tertiary alicyclic amines) is 1. The van der Waals surface area contributed by atoms with Gasteiger partial charge >= 0.3 is 0 Å². The van der Waals surface area contributed by atoms with Crippen molar-refractivity contribution in [2.75, 3.05) is 6.54 Å². The third-order valence-corrected chi connectivity index (χ3v) is 6.42. The van der Waals surface area contributed by atoms with Gasteiger partial charge in [-0.05, 0) is 37.8 Å². The lowest BCUT2D eigenvalue weighted by Gasteiger charge is -2.31. The number of thiazole rings is 1. The molecule has 3 heterocycles. The van der Waals surface area contributed by atoms with Gasteiger partial charge in [-0.15, -0.1) is 11.3 Å². The van der Waals surface area contributed by atoms with Crippen LogP contribution in [0, 0.1) is 6.92 Å². The van der Waals surface area contributed by atoms with Gasteiger partial charge in [-0.1, -0.05) is 43.2 Å². The number of aliphatic hydroxyl groups excluding tert-OH is 1. The lowest BCUT2D eigenvalue weighted by atomic mass is 9.98. The van der Waals surface area contributed by atoms with Gasteiger partial charge < -0.3 is 15.0 Å². The van der Waals surface area contributed by atoms with Crippen molar-refractivity contribution >= 4 is 17.2 Å². The highest BCUT2D eigenvalue weighted by Crippen LogP contribution is 2.28. The Morgan fingerprint density at radius 3 is 2.90 bits per heavy atom. The number of aromatic amines is 1. The van der Waals surface area contributed by atoms with Gasteiger partial charge in [-0.3, -0.25) is 4.79 Å². The van der Waals surface area contributed by atoms with Crippen LogP contribution in [0.5, 0.6) is 0 Å². The van der Waals surface area contributed by atoms with Crippen LogP contribution in [-0.2, 0) is 0 Å². The van der Waals surface area contributed by atoms with E-state index >= 15 is 0 Å². The largest absolute Gasteiger partial charge is 0.388 e. The fraction of sp³-hybridized carbons (Fsp3) is 0.391. The van der Waals surface area contributed by atoms with Crippen molar-refractivity contribution in [2.45, 2.75) is 51.2 Å². The lowest BCUT2D eigenvalue weighted by Crippen LogP contribution is -2.41. The minimum atomic E-state index is -0.563. The number of hydrogen-bond acceptors (Lipinski definition) is 4. The number of H-pyrrole nitrogens is 1. The zero-order chi connectivity index (χ0) is 20.2. The first-order chi connectivity index (χ1) is 14.1. The zero-order valence-corrected chi connectivity index (χ0v) is 17.5. The molecule has 2 atom stereocenters. The molecule has 0 unspecified atom stereocenters. The molecule has 1 aliphatic heterocycles. The molecule has 1 amide bonds. The van der Waals surface area contributed by atoms with Crippen LogP contribution in [0.3, 0.4) is 0 Å². The molecule has 29 heavy (non-hydrogen) atoms. The van der Waals surface area contributed by atoms with E-state index in [4.69, 9.17) is 0 Å². The summed E-state index contributed by atoms with van der Waals surface area (Å²) in [5.74, 6) is 0.00960. The first-order valence-corrected chi connectivity index (χ1v) is 11.1. The fourth-order valence-electron chi connectivity index (χ4n) is 4.08. The number of benzene rings is 1. The number of aliphatic hydroxyl groups is 1. The fourth-order valence-corrected chi connectivity index (χ4v) is 4.70. The Morgan fingerprint density at radius 1 is 1.31 bits per heavy atom. The van der Waals surface area contributed by atoms with E-state index in [0.717, 1.165) is 54.1 Å². The van der Waals surface area contributed by atoms with Gasteiger partial charge in [0.1, 0.15) is 5.69 Å². The van der Waals surface area contributed by atoms with Crippen LogP contribution in [0.4, 0.5) is 0 Å². The van der Waals surface area contributed by atoms with E-state index in [1.807, 2.05) is 59.8 Å². The predicted octanol–water partition coefficient (Wildman–Crippen LogP) is 4.96. The van der Waals surface area contributed by atoms with Crippen molar-refractivity contribution in [3.05, 3.63) is 64.2 Å². The van der Waals surface area contributed by atoms with Crippen LogP contribution in [0.2, 0.25) is 0 Å². The molecule has 1 aromatic carbocycles. The average molecular weight is 410 g/mol. The molecule has 4 rings (SSSR count). The normalized spacial score (nSPS) is 18.4. The van der Waals surface area contributed by atoms with Gasteiger partial charge in [0.25, 0.3) is 5.91 Å². The number of rotatable bonds is 5. The van der Waals surface area contributed by atoms with Crippen molar-refractivity contribution in [3.63, 3.8) is 0 Å². The monoisotopic (exact) mass is 409 g/mol. The van der Waals surface area contributed by atoms with E-state index < -0.39 is 6.10 Å². The Bertz CT molecular complexity index is 950. The third-order valence-electron chi connectivity index (χ3n) is 5.65. The molecule has 0 bridgehead atoms. The summed E-state index contributed by atoms with van der Waals surface area (Å²) in [4.78, 5) is 22.9. The Hall–Kier alpha value is -2.44. The molecule has 0 radical (unpaired) electrons. The third kappa shape index (κ3) is 4.60. The maximum absolute atomic E-state index is 13.3. The summed E-state index contributed by atoms with van der Waals surface area (Å²) in [6.45, 7) is 2.71. The SMILES string of the molecule is Cc1nc(-c2c[nH]c(C(=O)N3CCCCC[C@H]3C[C@H](O)c3ccccc3)c2)cs1. The Balaban J connectivity index is 1.52. The Morgan fingerprint density at radius 2 is 2.14 bits per heavy atom. The molecular formula is C23H27N3O2S. The van der Waals surface area contributed by atoms with Crippen LogP contribution in [0.25, 0.3) is 11.3 Å². The summed E-state index contributed by atoms with van der Waals surface area (Å²) in [7, 11) is 0. The number of carbonyl (C=O) groups is 1. The van der Waals surface area contributed by atoms with Gasteiger partial charge in [-0.25, -0.2) is 4.98 Å². The topological polar surface area (TPSA) is 69.2 Å². The van der Waals surface area contributed by atoms with E-state index in [1.54, 1.807) is 11.3 Å². The number of aryl methyl sites for hydroxylation is 1. The van der Waals surface area contributed by atoms with Crippen LogP contribution in [-0.4, -0.2) is 38.5 Å². The molecule has 3 aromatic rings. The zero-order valence-electron chi connectivity index (χ0n) is 16.7. The molecule has 2 aromatic heterocycles. The Labute approximate surface area is 175 Å². The van der Waals surface area contributed by atoms with Crippen LogP contribution in [0.15, 0.2) is 48.0 Å². The van der Waals surface area contributed by atoms with E-state index in [-0.39, 0.29) is 11.9 Å².